The molecule has 0 bridgehead atoms. The van der Waals surface area contributed by atoms with Crippen LogP contribution in [0.4, 0.5) is 0 Å². The van der Waals surface area contributed by atoms with E-state index in [4.69, 9.17) is 4.74 Å². The zero-order chi connectivity index (χ0) is 22.9. The predicted octanol–water partition coefficient (Wildman–Crippen LogP) is 6.69. The Morgan fingerprint density at radius 2 is 1.39 bits per heavy atom. The fourth-order valence-corrected chi connectivity index (χ4v) is 4.27. The minimum absolute atomic E-state index is 0.115. The molecule has 4 aromatic carbocycles. The number of aryl methyl sites for hydroxylation is 1. The van der Waals surface area contributed by atoms with Crippen molar-refractivity contribution in [3.05, 3.63) is 131 Å². The highest BCUT2D eigenvalue weighted by Gasteiger charge is 2.17. The second kappa shape index (κ2) is 11.4. The second-order valence-electron chi connectivity index (χ2n) is 7.76. The Balaban J connectivity index is 1.37. The van der Waals surface area contributed by atoms with Gasteiger partial charge >= 0.3 is 0 Å². The van der Waals surface area contributed by atoms with Crippen molar-refractivity contribution in [3.8, 4) is 5.75 Å². The molecule has 1 atom stereocenters. The van der Waals surface area contributed by atoms with Crippen LogP contribution in [0.1, 0.15) is 33.1 Å². The highest BCUT2D eigenvalue weighted by atomic mass is 32.2. The fourth-order valence-electron chi connectivity index (χ4n) is 3.52. The first kappa shape index (κ1) is 22.7. The summed E-state index contributed by atoms with van der Waals surface area (Å²) < 4.78 is 5.84. The van der Waals surface area contributed by atoms with Crippen molar-refractivity contribution in [3.63, 3.8) is 0 Å². The van der Waals surface area contributed by atoms with Gasteiger partial charge in [-0.25, -0.2) is 0 Å². The summed E-state index contributed by atoms with van der Waals surface area (Å²) in [5.41, 5.74) is 3.89. The van der Waals surface area contributed by atoms with Crippen LogP contribution >= 0.6 is 11.8 Å². The van der Waals surface area contributed by atoms with E-state index in [9.17, 15) is 4.79 Å². The molecule has 0 spiro atoms. The summed E-state index contributed by atoms with van der Waals surface area (Å²) in [7, 11) is 0. The van der Waals surface area contributed by atoms with Gasteiger partial charge in [-0.3, -0.25) is 4.79 Å². The van der Waals surface area contributed by atoms with E-state index in [1.54, 1.807) is 11.8 Å². The van der Waals surface area contributed by atoms with E-state index in [-0.39, 0.29) is 11.9 Å². The van der Waals surface area contributed by atoms with E-state index in [1.165, 1.54) is 10.5 Å². The standard InChI is InChI=1S/C29H27NO2S/c1-22-12-14-24(15-13-22)28(23-8-4-2-5-9-23)30-29(31)25-16-18-26(19-17-25)32-20-21-33-27-10-6-3-7-11-27/h2-19,28H,20-21H2,1H3,(H,30,31)/t28-/m1/s1. The van der Waals surface area contributed by atoms with Gasteiger partial charge in [-0.15, -0.1) is 11.8 Å². The van der Waals surface area contributed by atoms with E-state index < -0.39 is 0 Å². The van der Waals surface area contributed by atoms with Gasteiger partial charge in [-0.05, 0) is 54.4 Å². The van der Waals surface area contributed by atoms with E-state index in [0.717, 1.165) is 22.6 Å². The monoisotopic (exact) mass is 453 g/mol. The highest BCUT2D eigenvalue weighted by Crippen LogP contribution is 2.24. The lowest BCUT2D eigenvalue weighted by molar-refractivity contribution is 0.0943. The molecule has 0 aliphatic heterocycles. The predicted molar refractivity (Wildman–Crippen MR) is 136 cm³/mol. The number of rotatable bonds is 9. The van der Waals surface area contributed by atoms with Gasteiger partial charge in [0.2, 0.25) is 0 Å². The maximum absolute atomic E-state index is 13.0. The van der Waals surface area contributed by atoms with Crippen molar-refractivity contribution in [1.29, 1.82) is 0 Å². The first-order valence-corrected chi connectivity index (χ1v) is 12.0. The van der Waals surface area contributed by atoms with Crippen LogP contribution in [0.5, 0.6) is 5.75 Å². The minimum atomic E-state index is -0.217. The van der Waals surface area contributed by atoms with E-state index >= 15 is 0 Å². The Kier molecular flexibility index (Phi) is 7.83. The molecule has 0 aromatic heterocycles. The SMILES string of the molecule is Cc1ccc([C@H](NC(=O)c2ccc(OCCSc3ccccc3)cc2)c2ccccc2)cc1. The van der Waals surface area contributed by atoms with Crippen LogP contribution in [0, 0.1) is 6.92 Å². The van der Waals surface area contributed by atoms with Crippen LogP contribution < -0.4 is 10.1 Å². The molecule has 0 radical (unpaired) electrons. The lowest BCUT2D eigenvalue weighted by Crippen LogP contribution is -2.29. The number of thioether (sulfide) groups is 1. The van der Waals surface area contributed by atoms with Crippen molar-refractivity contribution in [1.82, 2.24) is 5.32 Å². The molecule has 33 heavy (non-hydrogen) atoms. The first-order chi connectivity index (χ1) is 16.2. The van der Waals surface area contributed by atoms with Crippen LogP contribution in [0.3, 0.4) is 0 Å². The molecular formula is C29H27NO2S. The summed E-state index contributed by atoms with van der Waals surface area (Å²) in [5.74, 6) is 1.51. The van der Waals surface area contributed by atoms with Crippen LogP contribution in [-0.2, 0) is 0 Å². The van der Waals surface area contributed by atoms with E-state index in [0.29, 0.717) is 12.2 Å². The van der Waals surface area contributed by atoms with Crippen LogP contribution in [0.15, 0.2) is 114 Å². The van der Waals surface area contributed by atoms with Gasteiger partial charge in [0, 0.05) is 16.2 Å². The molecule has 0 aliphatic carbocycles. The molecule has 166 valence electrons. The summed E-state index contributed by atoms with van der Waals surface area (Å²) in [6, 6.07) is 35.7. The van der Waals surface area contributed by atoms with Gasteiger partial charge < -0.3 is 10.1 Å². The first-order valence-electron chi connectivity index (χ1n) is 11.0. The zero-order valence-corrected chi connectivity index (χ0v) is 19.4. The summed E-state index contributed by atoms with van der Waals surface area (Å²) in [6.45, 7) is 2.67. The molecule has 0 heterocycles. The number of nitrogens with one attached hydrogen (secondary N) is 1. The number of benzene rings is 4. The van der Waals surface area contributed by atoms with Gasteiger partial charge in [0.05, 0.1) is 12.6 Å². The van der Waals surface area contributed by atoms with Crippen LogP contribution in [0.2, 0.25) is 0 Å². The third kappa shape index (κ3) is 6.50. The molecule has 1 N–H and O–H groups in total. The molecule has 0 saturated heterocycles. The molecule has 3 nitrogen and oxygen atoms in total. The van der Waals surface area contributed by atoms with Gasteiger partial charge in [-0.1, -0.05) is 78.4 Å². The van der Waals surface area contributed by atoms with Gasteiger partial charge in [0.25, 0.3) is 5.91 Å². The number of ether oxygens (including phenoxy) is 1. The number of hydrogen-bond acceptors (Lipinski definition) is 3. The fraction of sp³-hybridized carbons (Fsp3) is 0.138. The maximum atomic E-state index is 13.0. The number of amides is 1. The Labute approximate surface area is 199 Å². The Morgan fingerprint density at radius 1 is 0.788 bits per heavy atom. The van der Waals surface area contributed by atoms with E-state index in [2.05, 4.69) is 48.6 Å². The topological polar surface area (TPSA) is 38.3 Å². The maximum Gasteiger partial charge on any atom is 0.252 e. The van der Waals surface area contributed by atoms with Crippen molar-refractivity contribution in [2.75, 3.05) is 12.4 Å². The highest BCUT2D eigenvalue weighted by molar-refractivity contribution is 7.99. The summed E-state index contributed by atoms with van der Waals surface area (Å²) >= 11 is 1.76. The van der Waals surface area contributed by atoms with Crippen LogP contribution in [-0.4, -0.2) is 18.3 Å². The summed E-state index contributed by atoms with van der Waals surface area (Å²) in [6.07, 6.45) is 0. The largest absolute Gasteiger partial charge is 0.493 e. The average Bonchev–Trinajstić information content (AvgIpc) is 2.87. The molecule has 0 fully saturated rings. The Hall–Kier alpha value is -3.50. The van der Waals surface area contributed by atoms with Crippen molar-refractivity contribution < 1.29 is 9.53 Å². The van der Waals surface area contributed by atoms with Gasteiger partial charge in [-0.2, -0.15) is 0 Å². The third-order valence-electron chi connectivity index (χ3n) is 5.30. The average molecular weight is 454 g/mol. The number of hydrogen-bond donors (Lipinski definition) is 1. The third-order valence-corrected chi connectivity index (χ3v) is 6.28. The minimum Gasteiger partial charge on any atom is -0.493 e. The van der Waals surface area contributed by atoms with Crippen LogP contribution in [0.25, 0.3) is 0 Å². The summed E-state index contributed by atoms with van der Waals surface area (Å²) in [4.78, 5) is 14.3. The van der Waals surface area contributed by atoms with E-state index in [1.807, 2.05) is 72.8 Å². The smallest absolute Gasteiger partial charge is 0.252 e. The van der Waals surface area contributed by atoms with Crippen molar-refractivity contribution in [2.24, 2.45) is 0 Å². The molecule has 0 saturated carbocycles. The van der Waals surface area contributed by atoms with Crippen molar-refractivity contribution in [2.45, 2.75) is 17.9 Å². The van der Waals surface area contributed by atoms with Crippen molar-refractivity contribution >= 4 is 17.7 Å². The summed E-state index contributed by atoms with van der Waals surface area (Å²) in [5, 5.41) is 3.19. The molecule has 4 heteroatoms. The lowest BCUT2D eigenvalue weighted by atomic mass is 9.97. The zero-order valence-electron chi connectivity index (χ0n) is 18.6. The quantitative estimate of drug-likeness (QED) is 0.227. The molecule has 4 rings (SSSR count). The Morgan fingerprint density at radius 3 is 2.06 bits per heavy atom. The van der Waals surface area contributed by atoms with Gasteiger partial charge in [0.1, 0.15) is 5.75 Å². The molecule has 0 unspecified atom stereocenters. The number of carbonyl (C=O) groups excluding carboxylic acids is 1. The number of carbonyl (C=O) groups is 1. The Bertz CT molecular complexity index is 1140. The lowest BCUT2D eigenvalue weighted by Gasteiger charge is -2.20. The molecule has 1 amide bonds. The molecular weight excluding hydrogens is 426 g/mol. The molecule has 4 aromatic rings. The second-order valence-corrected chi connectivity index (χ2v) is 8.93. The molecule has 0 aliphatic rings. The normalized spacial score (nSPS) is 11.5. The van der Waals surface area contributed by atoms with Gasteiger partial charge in [0.15, 0.2) is 0 Å².